The summed E-state index contributed by atoms with van der Waals surface area (Å²) in [5, 5.41) is 11.0. The molecule has 0 bridgehead atoms. The summed E-state index contributed by atoms with van der Waals surface area (Å²) in [6, 6.07) is 12.0. The highest BCUT2D eigenvalue weighted by Crippen LogP contribution is 2.36. The van der Waals surface area contributed by atoms with Crippen LogP contribution in [0.1, 0.15) is 18.5 Å². The highest BCUT2D eigenvalue weighted by molar-refractivity contribution is 6.30. The van der Waals surface area contributed by atoms with Crippen LogP contribution in [0.4, 0.5) is 11.6 Å². The van der Waals surface area contributed by atoms with E-state index in [1.165, 1.54) is 6.33 Å². The van der Waals surface area contributed by atoms with E-state index in [4.69, 9.17) is 21.1 Å². The van der Waals surface area contributed by atoms with Crippen LogP contribution < -0.4 is 20.1 Å². The van der Waals surface area contributed by atoms with Gasteiger partial charge in [0, 0.05) is 16.8 Å². The van der Waals surface area contributed by atoms with E-state index in [1.54, 1.807) is 49.2 Å². The number of amides is 1. The zero-order valence-corrected chi connectivity index (χ0v) is 17.4. The summed E-state index contributed by atoms with van der Waals surface area (Å²) in [5.41, 5.74) is 2.53. The normalized spacial score (nSPS) is 15.3. The molecule has 154 valence electrons. The number of carbonyl (C=O) groups is 1. The number of ether oxygens (including phenoxy) is 2. The van der Waals surface area contributed by atoms with Crippen molar-refractivity contribution >= 4 is 29.1 Å². The Labute approximate surface area is 178 Å². The van der Waals surface area contributed by atoms with Gasteiger partial charge in [-0.25, -0.2) is 4.68 Å². The van der Waals surface area contributed by atoms with Gasteiger partial charge in [-0.2, -0.15) is 10.1 Å². The maximum atomic E-state index is 13.4. The minimum Gasteiger partial charge on any atom is -0.497 e. The summed E-state index contributed by atoms with van der Waals surface area (Å²) in [7, 11) is 3.11. The van der Waals surface area contributed by atoms with Crippen molar-refractivity contribution < 1.29 is 14.3 Å². The summed E-state index contributed by atoms with van der Waals surface area (Å²) >= 11 is 6.06. The highest BCUT2D eigenvalue weighted by atomic mass is 35.5. The fourth-order valence-electron chi connectivity index (χ4n) is 3.44. The number of nitrogens with zero attached hydrogens (tertiary/aromatic N) is 3. The van der Waals surface area contributed by atoms with Gasteiger partial charge in [0.25, 0.3) is 5.91 Å². The van der Waals surface area contributed by atoms with E-state index >= 15 is 0 Å². The Kier molecular flexibility index (Phi) is 5.33. The van der Waals surface area contributed by atoms with Crippen LogP contribution in [0.15, 0.2) is 60.1 Å². The lowest BCUT2D eigenvalue weighted by Gasteiger charge is -2.29. The number of anilines is 2. The van der Waals surface area contributed by atoms with Gasteiger partial charge in [-0.3, -0.25) is 4.79 Å². The van der Waals surface area contributed by atoms with Gasteiger partial charge in [0.2, 0.25) is 5.95 Å². The van der Waals surface area contributed by atoms with Crippen molar-refractivity contribution in [1.29, 1.82) is 0 Å². The molecule has 1 aromatic heterocycles. The molecular weight excluding hydrogens is 406 g/mol. The van der Waals surface area contributed by atoms with Crippen molar-refractivity contribution in [3.05, 3.63) is 70.6 Å². The lowest BCUT2D eigenvalue weighted by atomic mass is 9.95. The van der Waals surface area contributed by atoms with Crippen LogP contribution in [0.2, 0.25) is 5.02 Å². The third-order valence-electron chi connectivity index (χ3n) is 4.88. The molecule has 2 heterocycles. The average molecular weight is 426 g/mol. The van der Waals surface area contributed by atoms with Crippen molar-refractivity contribution in [2.75, 3.05) is 24.9 Å². The molecule has 0 fully saturated rings. The molecule has 0 saturated carbocycles. The molecule has 1 amide bonds. The van der Waals surface area contributed by atoms with Crippen LogP contribution in [-0.4, -0.2) is 34.9 Å². The smallest absolute Gasteiger partial charge is 0.255 e. The van der Waals surface area contributed by atoms with E-state index in [2.05, 4.69) is 20.7 Å². The SMILES string of the molecule is COc1ccc(OC)c(NC(=O)C2=C(C)Nc3ncnn3[C@H]2c2ccc(Cl)cc2)c1. The molecule has 3 aromatic rings. The Morgan fingerprint density at radius 3 is 2.63 bits per heavy atom. The fraction of sp³-hybridized carbons (Fsp3) is 0.190. The molecule has 30 heavy (non-hydrogen) atoms. The molecule has 0 spiro atoms. The monoisotopic (exact) mass is 425 g/mol. The summed E-state index contributed by atoms with van der Waals surface area (Å²) in [6.45, 7) is 1.83. The molecule has 0 saturated heterocycles. The number of hydrogen-bond acceptors (Lipinski definition) is 6. The predicted octanol–water partition coefficient (Wildman–Crippen LogP) is 3.88. The van der Waals surface area contributed by atoms with Gasteiger partial charge in [0.1, 0.15) is 23.9 Å². The zero-order chi connectivity index (χ0) is 21.3. The first-order chi connectivity index (χ1) is 14.5. The van der Waals surface area contributed by atoms with Crippen LogP contribution in [-0.2, 0) is 4.79 Å². The van der Waals surface area contributed by atoms with E-state index in [0.717, 1.165) is 5.56 Å². The molecule has 0 aliphatic carbocycles. The first-order valence-electron chi connectivity index (χ1n) is 9.18. The first kappa shape index (κ1) is 19.8. The van der Waals surface area contributed by atoms with E-state index < -0.39 is 6.04 Å². The number of nitrogens with one attached hydrogen (secondary N) is 2. The molecule has 1 atom stereocenters. The molecule has 4 rings (SSSR count). The van der Waals surface area contributed by atoms with Crippen molar-refractivity contribution in [1.82, 2.24) is 14.8 Å². The topological polar surface area (TPSA) is 90.3 Å². The van der Waals surface area contributed by atoms with Gasteiger partial charge in [-0.05, 0) is 36.8 Å². The van der Waals surface area contributed by atoms with E-state index in [1.807, 2.05) is 19.1 Å². The number of benzene rings is 2. The molecule has 0 radical (unpaired) electrons. The number of allylic oxidation sites excluding steroid dienone is 1. The summed E-state index contributed by atoms with van der Waals surface area (Å²) in [6.07, 6.45) is 1.45. The molecule has 1 aliphatic rings. The molecule has 2 N–H and O–H groups in total. The summed E-state index contributed by atoms with van der Waals surface area (Å²) in [5.74, 6) is 1.39. The predicted molar refractivity (Wildman–Crippen MR) is 114 cm³/mol. The Morgan fingerprint density at radius 2 is 1.93 bits per heavy atom. The maximum Gasteiger partial charge on any atom is 0.255 e. The van der Waals surface area contributed by atoms with Crippen LogP contribution in [0, 0.1) is 0 Å². The van der Waals surface area contributed by atoms with Crippen LogP contribution in [0.5, 0.6) is 11.5 Å². The molecule has 2 aromatic carbocycles. The quantitative estimate of drug-likeness (QED) is 0.644. The minimum absolute atomic E-state index is 0.298. The number of aromatic nitrogens is 3. The second-order valence-corrected chi connectivity index (χ2v) is 7.10. The molecule has 9 heteroatoms. The number of halogens is 1. The van der Waals surface area contributed by atoms with Gasteiger partial charge in [0.05, 0.1) is 25.5 Å². The Hall–Kier alpha value is -3.52. The Bertz CT molecular complexity index is 1120. The highest BCUT2D eigenvalue weighted by Gasteiger charge is 2.33. The number of carbonyl (C=O) groups excluding carboxylic acids is 1. The third-order valence-corrected chi connectivity index (χ3v) is 5.13. The van der Waals surface area contributed by atoms with Crippen LogP contribution in [0.3, 0.4) is 0 Å². The van der Waals surface area contributed by atoms with Gasteiger partial charge in [-0.15, -0.1) is 0 Å². The van der Waals surface area contributed by atoms with Gasteiger partial charge in [0.15, 0.2) is 0 Å². The number of fused-ring (bicyclic) bond motifs is 1. The second kappa shape index (κ2) is 8.08. The minimum atomic E-state index is -0.474. The molecular formula is C21H20ClN5O3. The Balaban J connectivity index is 1.75. The third kappa shape index (κ3) is 3.57. The van der Waals surface area contributed by atoms with Crippen LogP contribution in [0.25, 0.3) is 0 Å². The van der Waals surface area contributed by atoms with Crippen molar-refractivity contribution in [2.24, 2.45) is 0 Å². The number of hydrogen-bond donors (Lipinski definition) is 2. The average Bonchev–Trinajstić information content (AvgIpc) is 3.21. The van der Waals surface area contributed by atoms with Crippen molar-refractivity contribution in [3.8, 4) is 11.5 Å². The molecule has 0 unspecified atom stereocenters. The van der Waals surface area contributed by atoms with Crippen molar-refractivity contribution in [2.45, 2.75) is 13.0 Å². The van der Waals surface area contributed by atoms with Gasteiger partial charge in [-0.1, -0.05) is 23.7 Å². The Morgan fingerprint density at radius 1 is 1.17 bits per heavy atom. The van der Waals surface area contributed by atoms with E-state index in [9.17, 15) is 4.79 Å². The largest absolute Gasteiger partial charge is 0.497 e. The zero-order valence-electron chi connectivity index (χ0n) is 16.6. The van der Waals surface area contributed by atoms with Gasteiger partial charge >= 0.3 is 0 Å². The van der Waals surface area contributed by atoms with E-state index in [0.29, 0.717) is 39.4 Å². The number of rotatable bonds is 5. The summed E-state index contributed by atoms with van der Waals surface area (Å²) < 4.78 is 12.3. The molecule has 1 aliphatic heterocycles. The van der Waals surface area contributed by atoms with Crippen LogP contribution >= 0.6 is 11.6 Å². The molecule has 8 nitrogen and oxygen atoms in total. The maximum absolute atomic E-state index is 13.4. The number of methoxy groups -OCH3 is 2. The lowest BCUT2D eigenvalue weighted by Crippen LogP contribution is -2.31. The second-order valence-electron chi connectivity index (χ2n) is 6.67. The summed E-state index contributed by atoms with van der Waals surface area (Å²) in [4.78, 5) is 17.7. The van der Waals surface area contributed by atoms with Gasteiger partial charge < -0.3 is 20.1 Å². The first-order valence-corrected chi connectivity index (χ1v) is 9.55. The fourth-order valence-corrected chi connectivity index (χ4v) is 3.57. The van der Waals surface area contributed by atoms with E-state index in [-0.39, 0.29) is 5.91 Å². The lowest BCUT2D eigenvalue weighted by molar-refractivity contribution is -0.113. The standard InChI is InChI=1S/C21H20ClN5O3/c1-12-18(20(28)26-16-10-15(29-2)8-9-17(16)30-3)19(13-4-6-14(22)7-5-13)27-21(25-12)23-11-24-27/h4-11,19H,1-3H3,(H,26,28)(H,23,24,25)/t19-/m0/s1. The van der Waals surface area contributed by atoms with Crippen molar-refractivity contribution in [3.63, 3.8) is 0 Å².